The summed E-state index contributed by atoms with van der Waals surface area (Å²) in [6.45, 7) is 4.81. The lowest BCUT2D eigenvalue weighted by Crippen LogP contribution is -2.02. The molecule has 0 spiro atoms. The van der Waals surface area contributed by atoms with Crippen LogP contribution in [0, 0.1) is 6.92 Å². The van der Waals surface area contributed by atoms with E-state index in [1.165, 1.54) is 0 Å². The van der Waals surface area contributed by atoms with E-state index in [0.29, 0.717) is 5.69 Å². The van der Waals surface area contributed by atoms with Crippen molar-refractivity contribution >= 4 is 37.5 Å². The maximum Gasteiger partial charge on any atom is 0.166 e. The van der Waals surface area contributed by atoms with E-state index in [1.807, 2.05) is 23.6 Å². The number of nitrogens with two attached hydrogens (primary N) is 1. The maximum absolute atomic E-state index is 6.07. The number of rotatable bonds is 2. The van der Waals surface area contributed by atoms with Crippen LogP contribution < -0.4 is 5.73 Å². The molecule has 90 valence electrons. The van der Waals surface area contributed by atoms with Crippen molar-refractivity contribution in [2.75, 3.05) is 5.73 Å². The zero-order chi connectivity index (χ0) is 12.6. The van der Waals surface area contributed by atoms with Crippen molar-refractivity contribution in [1.82, 2.24) is 14.8 Å². The van der Waals surface area contributed by atoms with Gasteiger partial charge >= 0.3 is 0 Å². The van der Waals surface area contributed by atoms with Gasteiger partial charge in [0.15, 0.2) is 5.82 Å². The Labute approximate surface area is 116 Å². The molecule has 0 fully saturated rings. The number of aryl methyl sites for hydroxylation is 1. The van der Waals surface area contributed by atoms with E-state index < -0.39 is 0 Å². The van der Waals surface area contributed by atoms with Crippen molar-refractivity contribution in [2.24, 2.45) is 0 Å². The second kappa shape index (κ2) is 4.78. The number of hydrogen-bond donors (Lipinski definition) is 1. The van der Waals surface area contributed by atoms with E-state index in [4.69, 9.17) is 5.73 Å². The summed E-state index contributed by atoms with van der Waals surface area (Å²) in [5.74, 6) is 1.68. The molecule has 1 aromatic heterocycles. The first-order valence-electron chi connectivity index (χ1n) is 5.19. The topological polar surface area (TPSA) is 56.7 Å². The van der Waals surface area contributed by atoms with Crippen LogP contribution in [0.25, 0.3) is 11.4 Å². The first-order chi connectivity index (χ1) is 8.04. The largest absolute Gasteiger partial charge is 0.397 e. The molecule has 0 saturated heterocycles. The van der Waals surface area contributed by atoms with Crippen LogP contribution in [0.1, 0.15) is 12.7 Å². The Morgan fingerprint density at radius 3 is 2.65 bits per heavy atom. The highest BCUT2D eigenvalue weighted by molar-refractivity contribution is 9.11. The normalized spacial score (nSPS) is 10.8. The van der Waals surface area contributed by atoms with E-state index in [1.54, 1.807) is 0 Å². The van der Waals surface area contributed by atoms with Gasteiger partial charge in [-0.2, -0.15) is 0 Å². The Hall–Kier alpha value is -0.880. The molecule has 0 bridgehead atoms. The molecular formula is C11H12Br2N4. The van der Waals surface area contributed by atoms with Crippen LogP contribution >= 0.6 is 31.9 Å². The van der Waals surface area contributed by atoms with Crippen LogP contribution in [0.5, 0.6) is 0 Å². The van der Waals surface area contributed by atoms with Crippen LogP contribution in [0.4, 0.5) is 5.69 Å². The Morgan fingerprint density at radius 2 is 2.00 bits per heavy atom. The smallest absolute Gasteiger partial charge is 0.166 e. The fraction of sp³-hybridized carbons (Fsp3) is 0.273. The monoisotopic (exact) mass is 358 g/mol. The summed E-state index contributed by atoms with van der Waals surface area (Å²) < 4.78 is 3.84. The molecule has 0 atom stereocenters. The minimum atomic E-state index is 0.676. The molecule has 6 heteroatoms. The Bertz CT molecular complexity index is 563. The molecule has 2 aromatic rings. The van der Waals surface area contributed by atoms with Gasteiger partial charge in [0.05, 0.1) is 5.69 Å². The second-order valence-electron chi connectivity index (χ2n) is 3.66. The molecule has 0 saturated carbocycles. The summed E-state index contributed by atoms with van der Waals surface area (Å²) in [5, 5.41) is 8.28. The van der Waals surface area contributed by atoms with E-state index >= 15 is 0 Å². The van der Waals surface area contributed by atoms with Crippen molar-refractivity contribution in [3.8, 4) is 11.4 Å². The molecule has 0 aliphatic carbocycles. The van der Waals surface area contributed by atoms with Crippen molar-refractivity contribution in [3.63, 3.8) is 0 Å². The third kappa shape index (κ3) is 2.24. The first kappa shape index (κ1) is 12.6. The SMILES string of the molecule is CCn1c(C)nnc1-c1cc(Br)cc(Br)c1N. The van der Waals surface area contributed by atoms with Gasteiger partial charge in [0.2, 0.25) is 0 Å². The molecule has 0 aliphatic rings. The predicted molar refractivity (Wildman–Crippen MR) is 75.7 cm³/mol. The average molecular weight is 360 g/mol. The first-order valence-corrected chi connectivity index (χ1v) is 6.78. The number of nitrogens with zero attached hydrogens (tertiary/aromatic N) is 3. The Balaban J connectivity index is 2.68. The minimum Gasteiger partial charge on any atom is -0.397 e. The van der Waals surface area contributed by atoms with E-state index in [2.05, 4.69) is 49.0 Å². The van der Waals surface area contributed by atoms with Crippen molar-refractivity contribution in [3.05, 3.63) is 26.9 Å². The molecule has 0 unspecified atom stereocenters. The molecule has 17 heavy (non-hydrogen) atoms. The summed E-state index contributed by atoms with van der Waals surface area (Å²) in [4.78, 5) is 0. The van der Waals surface area contributed by atoms with Crippen LogP contribution in [0.15, 0.2) is 21.1 Å². The lowest BCUT2D eigenvalue weighted by atomic mass is 10.1. The summed E-state index contributed by atoms with van der Waals surface area (Å²) in [6.07, 6.45) is 0. The summed E-state index contributed by atoms with van der Waals surface area (Å²) in [5.41, 5.74) is 7.63. The summed E-state index contributed by atoms with van der Waals surface area (Å²) in [6, 6.07) is 3.87. The van der Waals surface area contributed by atoms with Crippen molar-refractivity contribution < 1.29 is 0 Å². The number of aromatic nitrogens is 3. The van der Waals surface area contributed by atoms with Gasteiger partial charge in [-0.25, -0.2) is 0 Å². The lowest BCUT2D eigenvalue weighted by Gasteiger charge is -2.10. The van der Waals surface area contributed by atoms with Gasteiger partial charge in [0.25, 0.3) is 0 Å². The zero-order valence-corrected chi connectivity index (χ0v) is 12.7. The fourth-order valence-corrected chi connectivity index (χ4v) is 2.95. The highest BCUT2D eigenvalue weighted by Crippen LogP contribution is 2.34. The third-order valence-corrected chi connectivity index (χ3v) is 3.70. The maximum atomic E-state index is 6.07. The molecule has 4 nitrogen and oxygen atoms in total. The number of halogens is 2. The van der Waals surface area contributed by atoms with Gasteiger partial charge in [0.1, 0.15) is 5.82 Å². The van der Waals surface area contributed by atoms with Gasteiger partial charge in [-0.05, 0) is 41.9 Å². The van der Waals surface area contributed by atoms with Gasteiger partial charge in [-0.1, -0.05) is 15.9 Å². The zero-order valence-electron chi connectivity index (χ0n) is 9.54. The lowest BCUT2D eigenvalue weighted by molar-refractivity contribution is 0.737. The average Bonchev–Trinajstić information content (AvgIpc) is 2.64. The van der Waals surface area contributed by atoms with E-state index in [9.17, 15) is 0 Å². The standard InChI is InChI=1S/C11H12Br2N4/c1-3-17-6(2)15-16-11(17)8-4-7(12)5-9(13)10(8)14/h4-5H,3,14H2,1-2H3. The Kier molecular flexibility index (Phi) is 3.53. The van der Waals surface area contributed by atoms with Crippen molar-refractivity contribution in [1.29, 1.82) is 0 Å². The number of hydrogen-bond acceptors (Lipinski definition) is 3. The van der Waals surface area contributed by atoms with E-state index in [-0.39, 0.29) is 0 Å². The molecule has 2 N–H and O–H groups in total. The summed E-state index contributed by atoms with van der Waals surface area (Å²) in [7, 11) is 0. The predicted octanol–water partition coefficient (Wildman–Crippen LogP) is 3.38. The van der Waals surface area contributed by atoms with Crippen LogP contribution in [-0.2, 0) is 6.54 Å². The number of benzene rings is 1. The quantitative estimate of drug-likeness (QED) is 0.836. The highest BCUT2D eigenvalue weighted by atomic mass is 79.9. The molecule has 0 amide bonds. The minimum absolute atomic E-state index is 0.676. The molecule has 2 rings (SSSR count). The highest BCUT2D eigenvalue weighted by Gasteiger charge is 2.14. The third-order valence-electron chi connectivity index (χ3n) is 2.59. The molecule has 1 heterocycles. The van der Waals surface area contributed by atoms with Crippen LogP contribution in [0.3, 0.4) is 0 Å². The number of anilines is 1. The second-order valence-corrected chi connectivity index (χ2v) is 5.43. The van der Waals surface area contributed by atoms with E-state index in [0.717, 1.165) is 32.7 Å². The van der Waals surface area contributed by atoms with Gasteiger partial charge in [0, 0.05) is 21.1 Å². The van der Waals surface area contributed by atoms with Gasteiger partial charge < -0.3 is 10.3 Å². The number of nitrogen functional groups attached to an aromatic ring is 1. The van der Waals surface area contributed by atoms with Crippen LogP contribution in [0.2, 0.25) is 0 Å². The van der Waals surface area contributed by atoms with Gasteiger partial charge in [-0.15, -0.1) is 10.2 Å². The van der Waals surface area contributed by atoms with Crippen molar-refractivity contribution in [2.45, 2.75) is 20.4 Å². The fourth-order valence-electron chi connectivity index (χ4n) is 1.73. The van der Waals surface area contributed by atoms with Crippen LogP contribution in [-0.4, -0.2) is 14.8 Å². The Morgan fingerprint density at radius 1 is 1.29 bits per heavy atom. The molecular weight excluding hydrogens is 348 g/mol. The molecule has 0 radical (unpaired) electrons. The van der Waals surface area contributed by atoms with Gasteiger partial charge in [-0.3, -0.25) is 0 Å². The summed E-state index contributed by atoms with van der Waals surface area (Å²) >= 11 is 6.89. The molecule has 0 aliphatic heterocycles. The molecule has 1 aromatic carbocycles.